The Morgan fingerprint density at radius 1 is 1.26 bits per heavy atom. The van der Waals surface area contributed by atoms with Crippen LogP contribution in [0.15, 0.2) is 4.99 Å². The van der Waals surface area contributed by atoms with Crippen molar-refractivity contribution < 1.29 is 4.74 Å². The summed E-state index contributed by atoms with van der Waals surface area (Å²) in [6, 6.07) is 0. The molecule has 1 heterocycles. The summed E-state index contributed by atoms with van der Waals surface area (Å²) >= 11 is 0. The Hall–Kier alpha value is -0.770. The molecule has 112 valence electrons. The molecule has 1 fully saturated rings. The number of nitrogens with zero attached hydrogens (tertiary/aromatic N) is 2. The second-order valence-electron chi connectivity index (χ2n) is 6.32. The van der Waals surface area contributed by atoms with Crippen molar-refractivity contribution in [3.63, 3.8) is 0 Å². The van der Waals surface area contributed by atoms with Crippen LogP contribution in [0.25, 0.3) is 0 Å². The number of ether oxygens (including phenoxy) is 1. The standard InChI is InChI=1S/C15H31N3O/c1-7-16-13(17-10-9-11-19-8-2)18-12-14(3,4)15(18,5)6/h7-12H2,1-6H3,(H,16,17). The summed E-state index contributed by atoms with van der Waals surface area (Å²) in [4.78, 5) is 7.11. The molecule has 0 unspecified atom stereocenters. The van der Waals surface area contributed by atoms with Crippen molar-refractivity contribution in [2.75, 3.05) is 32.8 Å². The van der Waals surface area contributed by atoms with Crippen LogP contribution in [0.2, 0.25) is 0 Å². The Kier molecular flexibility index (Phi) is 5.65. The van der Waals surface area contributed by atoms with E-state index in [0.717, 1.165) is 45.2 Å². The molecule has 0 atom stereocenters. The van der Waals surface area contributed by atoms with E-state index in [9.17, 15) is 0 Å². The topological polar surface area (TPSA) is 36.9 Å². The molecule has 0 radical (unpaired) electrons. The Bertz CT molecular complexity index is 311. The fraction of sp³-hybridized carbons (Fsp3) is 0.933. The van der Waals surface area contributed by atoms with Gasteiger partial charge in [0.2, 0.25) is 0 Å². The molecule has 0 spiro atoms. The zero-order valence-corrected chi connectivity index (χ0v) is 13.5. The molecule has 4 heteroatoms. The highest BCUT2D eigenvalue weighted by Gasteiger charge is 2.53. The number of guanidine groups is 1. The van der Waals surface area contributed by atoms with Crippen molar-refractivity contribution in [3.05, 3.63) is 0 Å². The van der Waals surface area contributed by atoms with Gasteiger partial charge in [-0.2, -0.15) is 0 Å². The van der Waals surface area contributed by atoms with Gasteiger partial charge in [0.05, 0.1) is 0 Å². The molecule has 0 saturated carbocycles. The number of aliphatic imine (C=N–C) groups is 1. The maximum absolute atomic E-state index is 5.35. The highest BCUT2D eigenvalue weighted by molar-refractivity contribution is 5.82. The smallest absolute Gasteiger partial charge is 0.194 e. The first-order valence-corrected chi connectivity index (χ1v) is 7.50. The summed E-state index contributed by atoms with van der Waals surface area (Å²) in [6.07, 6.45) is 0.987. The molecule has 19 heavy (non-hydrogen) atoms. The molecule has 0 aromatic heterocycles. The Labute approximate surface area is 118 Å². The van der Waals surface area contributed by atoms with Gasteiger partial charge in [-0.05, 0) is 34.1 Å². The van der Waals surface area contributed by atoms with Crippen LogP contribution in [0.1, 0.15) is 48.0 Å². The van der Waals surface area contributed by atoms with Crippen LogP contribution < -0.4 is 5.32 Å². The molecule has 0 amide bonds. The molecule has 1 aliphatic heterocycles. The summed E-state index contributed by atoms with van der Waals surface area (Å²) in [5, 5.41) is 3.40. The van der Waals surface area contributed by atoms with E-state index in [4.69, 9.17) is 9.73 Å². The van der Waals surface area contributed by atoms with E-state index in [2.05, 4.69) is 44.8 Å². The third kappa shape index (κ3) is 3.62. The lowest BCUT2D eigenvalue weighted by molar-refractivity contribution is -0.0667. The van der Waals surface area contributed by atoms with E-state index >= 15 is 0 Å². The number of likely N-dealkylation sites (tertiary alicyclic amines) is 1. The molecule has 0 aromatic rings. The van der Waals surface area contributed by atoms with Crippen molar-refractivity contribution in [2.45, 2.75) is 53.5 Å². The van der Waals surface area contributed by atoms with Gasteiger partial charge >= 0.3 is 0 Å². The number of rotatable bonds is 6. The van der Waals surface area contributed by atoms with Gasteiger partial charge in [0, 0.05) is 43.8 Å². The molecular formula is C15H31N3O. The van der Waals surface area contributed by atoms with Gasteiger partial charge in [-0.1, -0.05) is 13.8 Å². The molecule has 0 aromatic carbocycles. The average molecular weight is 269 g/mol. The minimum absolute atomic E-state index is 0.161. The Morgan fingerprint density at radius 3 is 2.42 bits per heavy atom. The lowest BCUT2D eigenvalue weighted by atomic mass is 9.65. The van der Waals surface area contributed by atoms with Gasteiger partial charge in [0.15, 0.2) is 5.96 Å². The van der Waals surface area contributed by atoms with Gasteiger partial charge in [-0.15, -0.1) is 0 Å². The lowest BCUT2D eigenvalue weighted by Gasteiger charge is -2.62. The molecule has 0 aliphatic carbocycles. The summed E-state index contributed by atoms with van der Waals surface area (Å²) in [7, 11) is 0. The minimum atomic E-state index is 0.161. The van der Waals surface area contributed by atoms with Crippen molar-refractivity contribution in [1.29, 1.82) is 0 Å². The predicted octanol–water partition coefficient (Wildman–Crippen LogP) is 2.50. The largest absolute Gasteiger partial charge is 0.382 e. The van der Waals surface area contributed by atoms with Crippen molar-refractivity contribution >= 4 is 5.96 Å². The third-order valence-corrected chi connectivity index (χ3v) is 4.39. The second-order valence-corrected chi connectivity index (χ2v) is 6.32. The number of nitrogens with one attached hydrogen (secondary N) is 1. The zero-order valence-electron chi connectivity index (χ0n) is 13.5. The quantitative estimate of drug-likeness (QED) is 0.457. The molecule has 1 saturated heterocycles. The SMILES string of the molecule is CCNC(=NCCCOCC)N1CC(C)(C)C1(C)C. The van der Waals surface area contributed by atoms with Crippen molar-refractivity contribution in [1.82, 2.24) is 10.2 Å². The van der Waals surface area contributed by atoms with Crippen LogP contribution in [-0.4, -0.2) is 49.2 Å². The van der Waals surface area contributed by atoms with Crippen LogP contribution in [0.3, 0.4) is 0 Å². The first-order chi connectivity index (χ1) is 8.86. The van der Waals surface area contributed by atoms with Crippen LogP contribution in [0.5, 0.6) is 0 Å². The number of hydrogen-bond acceptors (Lipinski definition) is 2. The van der Waals surface area contributed by atoms with Gasteiger partial charge in [0.25, 0.3) is 0 Å². The second kappa shape index (κ2) is 6.60. The molecule has 1 aliphatic rings. The minimum Gasteiger partial charge on any atom is -0.382 e. The molecular weight excluding hydrogens is 238 g/mol. The first kappa shape index (κ1) is 16.3. The van der Waals surface area contributed by atoms with Gasteiger partial charge in [-0.25, -0.2) is 0 Å². The van der Waals surface area contributed by atoms with Gasteiger partial charge in [-0.3, -0.25) is 4.99 Å². The van der Waals surface area contributed by atoms with Crippen molar-refractivity contribution in [2.24, 2.45) is 10.4 Å². The molecule has 4 nitrogen and oxygen atoms in total. The highest BCUT2D eigenvalue weighted by atomic mass is 16.5. The van der Waals surface area contributed by atoms with Crippen LogP contribution in [-0.2, 0) is 4.74 Å². The summed E-state index contributed by atoms with van der Waals surface area (Å²) in [6.45, 7) is 17.8. The van der Waals surface area contributed by atoms with Crippen LogP contribution >= 0.6 is 0 Å². The highest BCUT2D eigenvalue weighted by Crippen LogP contribution is 2.46. The number of hydrogen-bond donors (Lipinski definition) is 1. The molecule has 1 N–H and O–H groups in total. The first-order valence-electron chi connectivity index (χ1n) is 7.50. The monoisotopic (exact) mass is 269 g/mol. The van der Waals surface area contributed by atoms with E-state index in [0.29, 0.717) is 5.41 Å². The Balaban J connectivity index is 2.56. The zero-order chi connectivity index (χ0) is 14.5. The summed E-state index contributed by atoms with van der Waals surface area (Å²) < 4.78 is 5.35. The molecule has 0 bridgehead atoms. The van der Waals surface area contributed by atoms with Gasteiger partial charge in [0.1, 0.15) is 0 Å². The summed E-state index contributed by atoms with van der Waals surface area (Å²) in [5.74, 6) is 1.04. The van der Waals surface area contributed by atoms with E-state index in [1.807, 2.05) is 6.92 Å². The fourth-order valence-corrected chi connectivity index (χ4v) is 2.29. The van der Waals surface area contributed by atoms with E-state index < -0.39 is 0 Å². The molecule has 1 rings (SSSR count). The maximum Gasteiger partial charge on any atom is 0.194 e. The van der Waals surface area contributed by atoms with Crippen molar-refractivity contribution in [3.8, 4) is 0 Å². The lowest BCUT2D eigenvalue weighted by Crippen LogP contribution is -2.72. The van der Waals surface area contributed by atoms with E-state index in [-0.39, 0.29) is 5.54 Å². The normalized spacial score (nSPS) is 21.2. The Morgan fingerprint density at radius 2 is 1.95 bits per heavy atom. The third-order valence-electron chi connectivity index (χ3n) is 4.39. The van der Waals surface area contributed by atoms with Crippen LogP contribution in [0.4, 0.5) is 0 Å². The maximum atomic E-state index is 5.35. The fourth-order valence-electron chi connectivity index (χ4n) is 2.29. The van der Waals surface area contributed by atoms with Crippen LogP contribution in [0, 0.1) is 5.41 Å². The summed E-state index contributed by atoms with van der Waals surface area (Å²) in [5.41, 5.74) is 0.502. The average Bonchev–Trinajstić information content (AvgIpc) is 2.34. The van der Waals surface area contributed by atoms with E-state index in [1.165, 1.54) is 0 Å². The van der Waals surface area contributed by atoms with E-state index in [1.54, 1.807) is 0 Å². The van der Waals surface area contributed by atoms with Gasteiger partial charge < -0.3 is 15.0 Å². The predicted molar refractivity (Wildman–Crippen MR) is 81.7 cm³/mol.